The van der Waals surface area contributed by atoms with Crippen LogP contribution >= 0.6 is 0 Å². The maximum atomic E-state index is 12.6. The zero-order valence-electron chi connectivity index (χ0n) is 11.7. The Balaban J connectivity index is 2.37. The minimum atomic E-state index is -3.82. The van der Waals surface area contributed by atoms with Gasteiger partial charge >= 0.3 is 0 Å². The van der Waals surface area contributed by atoms with E-state index in [1.165, 1.54) is 26.1 Å². The molecule has 1 heterocycles. The Morgan fingerprint density at radius 1 is 1.43 bits per heavy atom. The molecule has 0 aliphatic carbocycles. The largest absolute Gasteiger partial charge is 0.390 e. The fraction of sp³-hybridized carbons (Fsp3) is 0.500. The number of non-ortho nitro benzene ring substituents is 1. The first-order valence-corrected chi connectivity index (χ1v) is 7.81. The lowest BCUT2D eigenvalue weighted by Gasteiger charge is -2.26. The molecule has 2 N–H and O–H groups in total. The van der Waals surface area contributed by atoms with Crippen molar-refractivity contribution in [3.05, 3.63) is 33.9 Å². The lowest BCUT2D eigenvalue weighted by atomic mass is 10.2. The molecule has 2 atom stereocenters. The highest BCUT2D eigenvalue weighted by Gasteiger charge is 2.36. The van der Waals surface area contributed by atoms with Gasteiger partial charge in [0.05, 0.1) is 22.0 Å². The number of sulfonamides is 1. The number of aryl methyl sites for hydroxylation is 1. The van der Waals surface area contributed by atoms with Crippen LogP contribution in [0.15, 0.2) is 23.1 Å². The first-order valence-electron chi connectivity index (χ1n) is 6.37. The van der Waals surface area contributed by atoms with Crippen molar-refractivity contribution in [3.63, 3.8) is 0 Å². The first-order chi connectivity index (χ1) is 9.75. The first kappa shape index (κ1) is 15.8. The second kappa shape index (κ2) is 5.68. The van der Waals surface area contributed by atoms with Crippen molar-refractivity contribution in [2.45, 2.75) is 24.0 Å². The van der Waals surface area contributed by atoms with E-state index in [9.17, 15) is 23.6 Å². The Morgan fingerprint density at radius 3 is 2.57 bits per heavy atom. The Hall–Kier alpha value is -1.55. The SMILES string of the molecule is Cc1cc([N+](=O)[O-])ccc1S(=O)(=O)N(C)[C@H]1CNC[C@@H]1O. The maximum absolute atomic E-state index is 12.6. The van der Waals surface area contributed by atoms with Crippen LogP contribution in [-0.2, 0) is 10.0 Å². The standard InChI is InChI=1S/C12H17N3O5S/c1-8-5-9(15(17)18)3-4-12(8)21(19,20)14(2)10-6-13-7-11(10)16/h3-5,10-11,13,16H,6-7H2,1-2H3/t10-,11-/m0/s1. The molecular formula is C12H17N3O5S. The Kier molecular flexibility index (Phi) is 4.28. The van der Waals surface area contributed by atoms with Crippen LogP contribution in [0.25, 0.3) is 0 Å². The maximum Gasteiger partial charge on any atom is 0.269 e. The van der Waals surface area contributed by atoms with Crippen LogP contribution < -0.4 is 5.32 Å². The second-order valence-corrected chi connectivity index (χ2v) is 6.99. The third kappa shape index (κ3) is 2.91. The summed E-state index contributed by atoms with van der Waals surface area (Å²) in [6.45, 7) is 2.21. The summed E-state index contributed by atoms with van der Waals surface area (Å²) in [6, 6.07) is 3.07. The summed E-state index contributed by atoms with van der Waals surface area (Å²) in [5.41, 5.74) is 0.146. The molecule has 0 bridgehead atoms. The van der Waals surface area contributed by atoms with Crippen LogP contribution in [0.2, 0.25) is 0 Å². The van der Waals surface area contributed by atoms with Crippen LogP contribution in [0.4, 0.5) is 5.69 Å². The van der Waals surface area contributed by atoms with E-state index < -0.39 is 27.1 Å². The van der Waals surface area contributed by atoms with Crippen molar-refractivity contribution < 1.29 is 18.4 Å². The highest BCUT2D eigenvalue weighted by molar-refractivity contribution is 7.89. The molecule has 0 spiro atoms. The van der Waals surface area contributed by atoms with Gasteiger partial charge in [0.25, 0.3) is 5.69 Å². The van der Waals surface area contributed by atoms with Crippen molar-refractivity contribution in [2.24, 2.45) is 0 Å². The number of β-amino-alcohol motifs (C(OH)–C–C–N with tert-alkyl or cyclic N) is 1. The lowest BCUT2D eigenvalue weighted by Crippen LogP contribution is -2.44. The third-order valence-corrected chi connectivity index (χ3v) is 5.69. The molecule has 0 saturated carbocycles. The average molecular weight is 315 g/mol. The minimum absolute atomic E-state index is 0.00898. The van der Waals surface area contributed by atoms with Crippen molar-refractivity contribution in [1.82, 2.24) is 9.62 Å². The Morgan fingerprint density at radius 2 is 2.10 bits per heavy atom. The van der Waals surface area contributed by atoms with E-state index in [1.807, 2.05) is 0 Å². The number of rotatable bonds is 4. The molecule has 1 aliphatic rings. The predicted molar refractivity (Wildman–Crippen MR) is 75.4 cm³/mol. The Labute approximate surface area is 122 Å². The summed E-state index contributed by atoms with van der Waals surface area (Å²) in [5, 5.41) is 23.4. The number of likely N-dealkylation sites (N-methyl/N-ethyl adjacent to an activating group) is 1. The summed E-state index contributed by atoms with van der Waals surface area (Å²) in [6.07, 6.45) is -0.775. The predicted octanol–water partition coefficient (Wildman–Crippen LogP) is -0.144. The molecule has 1 saturated heterocycles. The van der Waals surface area contributed by atoms with E-state index in [4.69, 9.17) is 0 Å². The molecule has 116 valence electrons. The summed E-state index contributed by atoms with van der Waals surface area (Å²) in [4.78, 5) is 10.1. The van der Waals surface area contributed by atoms with E-state index in [1.54, 1.807) is 0 Å². The van der Waals surface area contributed by atoms with Gasteiger partial charge in [-0.3, -0.25) is 10.1 Å². The normalized spacial score (nSPS) is 22.7. The highest BCUT2D eigenvalue weighted by atomic mass is 32.2. The number of aliphatic hydroxyl groups is 1. The van der Waals surface area contributed by atoms with Crippen molar-refractivity contribution in [1.29, 1.82) is 0 Å². The fourth-order valence-corrected chi connectivity index (χ4v) is 3.98. The summed E-state index contributed by atoms with van der Waals surface area (Å²) >= 11 is 0. The van der Waals surface area contributed by atoms with Gasteiger partial charge in [-0.1, -0.05) is 0 Å². The van der Waals surface area contributed by atoms with Gasteiger partial charge in [-0.15, -0.1) is 0 Å². The van der Waals surface area contributed by atoms with Gasteiger partial charge in [0, 0.05) is 32.3 Å². The summed E-state index contributed by atoms with van der Waals surface area (Å²) in [5.74, 6) is 0. The van der Waals surface area contributed by atoms with Crippen LogP contribution in [0.5, 0.6) is 0 Å². The van der Waals surface area contributed by atoms with E-state index in [-0.39, 0.29) is 10.6 Å². The molecule has 0 radical (unpaired) electrons. The van der Waals surface area contributed by atoms with E-state index in [2.05, 4.69) is 5.32 Å². The van der Waals surface area contributed by atoms with Gasteiger partial charge in [-0.05, 0) is 18.6 Å². The minimum Gasteiger partial charge on any atom is -0.390 e. The third-order valence-electron chi connectivity index (χ3n) is 3.64. The molecule has 21 heavy (non-hydrogen) atoms. The second-order valence-electron chi connectivity index (χ2n) is 5.02. The smallest absolute Gasteiger partial charge is 0.269 e. The number of nitrogens with one attached hydrogen (secondary N) is 1. The van der Waals surface area contributed by atoms with Crippen LogP contribution in [-0.4, -0.2) is 55.0 Å². The Bertz CT molecular complexity index is 661. The van der Waals surface area contributed by atoms with Gasteiger partial charge in [-0.25, -0.2) is 8.42 Å². The average Bonchev–Trinajstić information content (AvgIpc) is 2.83. The molecule has 8 nitrogen and oxygen atoms in total. The summed E-state index contributed by atoms with van der Waals surface area (Å²) < 4.78 is 26.3. The van der Waals surface area contributed by atoms with Crippen LogP contribution in [0, 0.1) is 17.0 Å². The molecule has 1 fully saturated rings. The molecule has 1 aromatic carbocycles. The molecule has 0 amide bonds. The number of nitro groups is 1. The highest BCUT2D eigenvalue weighted by Crippen LogP contribution is 2.25. The van der Waals surface area contributed by atoms with Crippen molar-refractivity contribution >= 4 is 15.7 Å². The molecule has 9 heteroatoms. The number of benzene rings is 1. The van der Waals surface area contributed by atoms with E-state index in [0.29, 0.717) is 18.7 Å². The number of nitrogens with zero attached hydrogens (tertiary/aromatic N) is 2. The topological polar surface area (TPSA) is 113 Å². The number of nitro benzene ring substituents is 1. The van der Waals surface area contributed by atoms with Gasteiger partial charge in [0.15, 0.2) is 0 Å². The van der Waals surface area contributed by atoms with Gasteiger partial charge in [0.1, 0.15) is 0 Å². The molecule has 1 aromatic rings. The summed E-state index contributed by atoms with van der Waals surface area (Å²) in [7, 11) is -2.42. The fourth-order valence-electron chi connectivity index (χ4n) is 2.39. The van der Waals surface area contributed by atoms with Gasteiger partial charge in [0.2, 0.25) is 10.0 Å². The molecule has 1 aliphatic heterocycles. The van der Waals surface area contributed by atoms with Crippen molar-refractivity contribution in [2.75, 3.05) is 20.1 Å². The monoisotopic (exact) mass is 315 g/mol. The number of hydrogen-bond donors (Lipinski definition) is 2. The van der Waals surface area contributed by atoms with Crippen molar-refractivity contribution in [3.8, 4) is 0 Å². The van der Waals surface area contributed by atoms with Gasteiger partial charge < -0.3 is 10.4 Å². The molecular weight excluding hydrogens is 298 g/mol. The zero-order chi connectivity index (χ0) is 15.8. The molecule has 0 aromatic heterocycles. The van der Waals surface area contributed by atoms with Gasteiger partial charge in [-0.2, -0.15) is 4.31 Å². The number of hydrogen-bond acceptors (Lipinski definition) is 6. The molecule has 0 unspecified atom stereocenters. The molecule has 2 rings (SSSR count). The zero-order valence-corrected chi connectivity index (χ0v) is 12.5. The van der Waals surface area contributed by atoms with Crippen LogP contribution in [0.3, 0.4) is 0 Å². The lowest BCUT2D eigenvalue weighted by molar-refractivity contribution is -0.385. The quantitative estimate of drug-likeness (QED) is 0.590. The number of aliphatic hydroxyl groups excluding tert-OH is 1. The van der Waals surface area contributed by atoms with E-state index in [0.717, 1.165) is 10.4 Å². The van der Waals surface area contributed by atoms with Crippen LogP contribution in [0.1, 0.15) is 5.56 Å². The van der Waals surface area contributed by atoms with E-state index >= 15 is 0 Å².